The number of benzene rings is 1. The third-order valence-electron chi connectivity index (χ3n) is 3.57. The van der Waals surface area contributed by atoms with Gasteiger partial charge in [-0.2, -0.15) is 0 Å². The molecule has 1 atom stereocenters. The van der Waals surface area contributed by atoms with E-state index >= 15 is 0 Å². The Labute approximate surface area is 114 Å². The van der Waals surface area contributed by atoms with Crippen LogP contribution in [0.2, 0.25) is 0 Å². The molecular weight excluding hydrogens is 240 g/mol. The molecule has 1 unspecified atom stereocenters. The van der Waals surface area contributed by atoms with Gasteiger partial charge in [-0.3, -0.25) is 4.79 Å². The number of hydrogen-bond acceptors (Lipinski definition) is 3. The predicted molar refractivity (Wildman–Crippen MR) is 75.0 cm³/mol. The van der Waals surface area contributed by atoms with E-state index in [9.17, 15) is 4.79 Å². The average Bonchev–Trinajstić information content (AvgIpc) is 3.24. The molecule has 0 heterocycles. The first-order valence-corrected chi connectivity index (χ1v) is 7.11. The van der Waals surface area contributed by atoms with Crippen LogP contribution in [0, 0.1) is 11.8 Å². The van der Waals surface area contributed by atoms with Crippen molar-refractivity contribution in [2.24, 2.45) is 11.8 Å². The van der Waals surface area contributed by atoms with Gasteiger partial charge in [0.15, 0.2) is 17.3 Å². The summed E-state index contributed by atoms with van der Waals surface area (Å²) < 4.78 is 11.1. The molecule has 0 amide bonds. The molecule has 1 aliphatic rings. The molecule has 1 fully saturated rings. The Morgan fingerprint density at radius 3 is 2.42 bits per heavy atom. The number of hydrogen-bond donors (Lipinski definition) is 0. The topological polar surface area (TPSA) is 35.5 Å². The molecule has 1 aromatic rings. The van der Waals surface area contributed by atoms with Crippen molar-refractivity contribution < 1.29 is 14.3 Å². The summed E-state index contributed by atoms with van der Waals surface area (Å²) in [6.45, 7) is 7.04. The first-order chi connectivity index (χ1) is 9.17. The third-order valence-corrected chi connectivity index (χ3v) is 3.57. The van der Waals surface area contributed by atoms with Crippen LogP contribution in [-0.4, -0.2) is 19.0 Å². The predicted octanol–water partition coefficient (Wildman–Crippen LogP) is 3.71. The van der Waals surface area contributed by atoms with Crippen molar-refractivity contribution >= 4 is 5.78 Å². The molecule has 2 rings (SSSR count). The van der Waals surface area contributed by atoms with Crippen LogP contribution in [0.3, 0.4) is 0 Å². The minimum Gasteiger partial charge on any atom is -0.490 e. The highest BCUT2D eigenvalue weighted by atomic mass is 16.5. The average molecular weight is 262 g/mol. The van der Waals surface area contributed by atoms with Crippen LogP contribution in [0.4, 0.5) is 0 Å². The van der Waals surface area contributed by atoms with E-state index < -0.39 is 0 Å². The maximum Gasteiger partial charge on any atom is 0.166 e. The summed E-state index contributed by atoms with van der Waals surface area (Å²) in [4.78, 5) is 12.4. The standard InChI is InChI=1S/C16H22O3/c1-4-18-14-9-8-13(10-15(14)19-5-2)16(17)11(3)12-6-7-12/h8-12H,4-7H2,1-3H3. The third kappa shape index (κ3) is 3.28. The van der Waals surface area contributed by atoms with Gasteiger partial charge in [-0.15, -0.1) is 0 Å². The fourth-order valence-electron chi connectivity index (χ4n) is 2.28. The number of rotatable bonds is 7. The van der Waals surface area contributed by atoms with Gasteiger partial charge in [0.25, 0.3) is 0 Å². The summed E-state index contributed by atoms with van der Waals surface area (Å²) in [5, 5.41) is 0. The molecule has 0 spiro atoms. The van der Waals surface area contributed by atoms with E-state index in [-0.39, 0.29) is 11.7 Å². The van der Waals surface area contributed by atoms with E-state index in [2.05, 4.69) is 0 Å². The van der Waals surface area contributed by atoms with Crippen LogP contribution in [0.25, 0.3) is 0 Å². The molecule has 3 nitrogen and oxygen atoms in total. The van der Waals surface area contributed by atoms with Crippen LogP contribution in [0.5, 0.6) is 11.5 Å². The molecule has 0 bridgehead atoms. The Morgan fingerprint density at radius 2 is 1.84 bits per heavy atom. The van der Waals surface area contributed by atoms with Gasteiger partial charge < -0.3 is 9.47 Å². The van der Waals surface area contributed by atoms with E-state index in [1.165, 1.54) is 12.8 Å². The van der Waals surface area contributed by atoms with E-state index in [1.807, 2.05) is 39.0 Å². The van der Waals surface area contributed by atoms with Crippen LogP contribution in [0.1, 0.15) is 44.0 Å². The Hall–Kier alpha value is -1.51. The zero-order valence-electron chi connectivity index (χ0n) is 11.9. The van der Waals surface area contributed by atoms with Crippen LogP contribution in [0.15, 0.2) is 18.2 Å². The molecule has 1 aliphatic carbocycles. The van der Waals surface area contributed by atoms with Crippen molar-refractivity contribution in [3.63, 3.8) is 0 Å². The van der Waals surface area contributed by atoms with E-state index in [4.69, 9.17) is 9.47 Å². The maximum atomic E-state index is 12.4. The number of carbonyl (C=O) groups is 1. The molecule has 0 saturated heterocycles. The summed E-state index contributed by atoms with van der Waals surface area (Å²) >= 11 is 0. The second-order valence-corrected chi connectivity index (χ2v) is 5.02. The second-order valence-electron chi connectivity index (χ2n) is 5.02. The monoisotopic (exact) mass is 262 g/mol. The number of ketones is 1. The normalized spacial score (nSPS) is 15.9. The van der Waals surface area contributed by atoms with Gasteiger partial charge in [-0.05, 0) is 50.8 Å². The lowest BCUT2D eigenvalue weighted by Gasteiger charge is -2.14. The molecule has 0 aliphatic heterocycles. The Kier molecular flexibility index (Phi) is 4.46. The van der Waals surface area contributed by atoms with Crippen molar-refractivity contribution in [3.05, 3.63) is 23.8 Å². The highest BCUT2D eigenvalue weighted by molar-refractivity contribution is 5.98. The SMILES string of the molecule is CCOc1ccc(C(=O)C(C)C2CC2)cc1OCC. The lowest BCUT2D eigenvalue weighted by molar-refractivity contribution is 0.0915. The molecule has 1 aromatic carbocycles. The van der Waals surface area contributed by atoms with Gasteiger partial charge in [0.1, 0.15) is 0 Å². The smallest absolute Gasteiger partial charge is 0.166 e. The highest BCUT2D eigenvalue weighted by Crippen LogP contribution is 2.39. The lowest BCUT2D eigenvalue weighted by atomic mass is 9.95. The Bertz CT molecular complexity index is 449. The van der Waals surface area contributed by atoms with Gasteiger partial charge in [0, 0.05) is 11.5 Å². The number of ether oxygens (including phenoxy) is 2. The summed E-state index contributed by atoms with van der Waals surface area (Å²) in [5.74, 6) is 2.28. The molecule has 0 radical (unpaired) electrons. The first-order valence-electron chi connectivity index (χ1n) is 7.11. The van der Waals surface area contributed by atoms with Crippen LogP contribution >= 0.6 is 0 Å². The quantitative estimate of drug-likeness (QED) is 0.703. The van der Waals surface area contributed by atoms with Crippen LogP contribution in [-0.2, 0) is 0 Å². The van der Waals surface area contributed by atoms with Crippen molar-refractivity contribution in [2.75, 3.05) is 13.2 Å². The summed E-state index contributed by atoms with van der Waals surface area (Å²) in [6, 6.07) is 5.49. The first kappa shape index (κ1) is 13.9. The van der Waals surface area contributed by atoms with Crippen molar-refractivity contribution in [1.82, 2.24) is 0 Å². The second kappa shape index (κ2) is 6.09. The zero-order chi connectivity index (χ0) is 13.8. The Morgan fingerprint density at radius 1 is 1.21 bits per heavy atom. The number of Topliss-reactive ketones (excluding diaryl/α,β-unsaturated/α-hetero) is 1. The highest BCUT2D eigenvalue weighted by Gasteiger charge is 2.33. The van der Waals surface area contributed by atoms with Gasteiger partial charge >= 0.3 is 0 Å². The van der Waals surface area contributed by atoms with Crippen molar-refractivity contribution in [3.8, 4) is 11.5 Å². The molecule has 0 N–H and O–H groups in total. The van der Waals surface area contributed by atoms with Crippen LogP contribution < -0.4 is 9.47 Å². The lowest BCUT2D eigenvalue weighted by Crippen LogP contribution is -2.13. The van der Waals surface area contributed by atoms with Gasteiger partial charge in [0.05, 0.1) is 13.2 Å². The molecule has 1 saturated carbocycles. The molecule has 19 heavy (non-hydrogen) atoms. The van der Waals surface area contributed by atoms with Gasteiger partial charge in [-0.25, -0.2) is 0 Å². The van der Waals surface area contributed by atoms with Crippen molar-refractivity contribution in [2.45, 2.75) is 33.6 Å². The fourth-order valence-corrected chi connectivity index (χ4v) is 2.28. The molecule has 104 valence electrons. The minimum atomic E-state index is 0.118. The van der Waals surface area contributed by atoms with E-state index in [0.717, 1.165) is 5.56 Å². The van der Waals surface area contributed by atoms with E-state index in [0.29, 0.717) is 30.6 Å². The maximum absolute atomic E-state index is 12.4. The van der Waals surface area contributed by atoms with Crippen molar-refractivity contribution in [1.29, 1.82) is 0 Å². The van der Waals surface area contributed by atoms with Gasteiger partial charge in [0.2, 0.25) is 0 Å². The zero-order valence-corrected chi connectivity index (χ0v) is 11.9. The summed E-state index contributed by atoms with van der Waals surface area (Å²) in [5.41, 5.74) is 0.728. The molecular formula is C16H22O3. The van der Waals surface area contributed by atoms with E-state index in [1.54, 1.807) is 0 Å². The largest absolute Gasteiger partial charge is 0.490 e. The van der Waals surface area contributed by atoms with Gasteiger partial charge in [-0.1, -0.05) is 6.92 Å². The fraction of sp³-hybridized carbons (Fsp3) is 0.562. The minimum absolute atomic E-state index is 0.118. The molecule has 0 aromatic heterocycles. The number of carbonyl (C=O) groups excluding carboxylic acids is 1. The summed E-state index contributed by atoms with van der Waals surface area (Å²) in [7, 11) is 0. The molecule has 3 heteroatoms. The summed E-state index contributed by atoms with van der Waals surface area (Å²) in [6.07, 6.45) is 2.37. The Balaban J connectivity index is 2.20.